The Kier molecular flexibility index (Phi) is 6.90. The van der Waals surface area contributed by atoms with Crippen LogP contribution in [0.3, 0.4) is 0 Å². The SMILES string of the molecule is Cc1ccc(C(N[C@@H](C(=O)N2CCC[C@H]2C(=O)O)c2ccccc2)c2ccc(C)cc2)cc1. The summed E-state index contributed by atoms with van der Waals surface area (Å²) < 4.78 is 0. The third kappa shape index (κ3) is 5.15. The first-order valence-electron chi connectivity index (χ1n) is 11.4. The van der Waals surface area contributed by atoms with Gasteiger partial charge in [0.1, 0.15) is 12.1 Å². The van der Waals surface area contributed by atoms with E-state index in [4.69, 9.17) is 0 Å². The number of hydrogen-bond donors (Lipinski definition) is 2. The van der Waals surface area contributed by atoms with Crippen molar-refractivity contribution in [2.45, 2.75) is 44.8 Å². The van der Waals surface area contributed by atoms with E-state index in [2.05, 4.69) is 53.8 Å². The largest absolute Gasteiger partial charge is 0.480 e. The molecule has 4 rings (SSSR count). The van der Waals surface area contributed by atoms with Crippen molar-refractivity contribution in [3.8, 4) is 0 Å². The minimum Gasteiger partial charge on any atom is -0.480 e. The zero-order valence-corrected chi connectivity index (χ0v) is 19.1. The van der Waals surface area contributed by atoms with Gasteiger partial charge < -0.3 is 10.0 Å². The molecule has 5 nitrogen and oxygen atoms in total. The highest BCUT2D eigenvalue weighted by molar-refractivity contribution is 5.88. The topological polar surface area (TPSA) is 69.6 Å². The average molecular weight is 443 g/mol. The van der Waals surface area contributed by atoms with Crippen LogP contribution in [0.2, 0.25) is 0 Å². The van der Waals surface area contributed by atoms with Gasteiger partial charge >= 0.3 is 5.97 Å². The van der Waals surface area contributed by atoms with Crippen LogP contribution in [0, 0.1) is 13.8 Å². The summed E-state index contributed by atoms with van der Waals surface area (Å²) in [4.78, 5) is 27.1. The van der Waals surface area contributed by atoms with Crippen molar-refractivity contribution in [1.82, 2.24) is 10.2 Å². The quantitative estimate of drug-likeness (QED) is 0.552. The van der Waals surface area contributed by atoms with Crippen LogP contribution in [0.15, 0.2) is 78.9 Å². The first kappa shape index (κ1) is 22.7. The molecule has 0 spiro atoms. The molecule has 0 aliphatic carbocycles. The molecule has 2 N–H and O–H groups in total. The van der Waals surface area contributed by atoms with Crippen LogP contribution < -0.4 is 5.32 Å². The van der Waals surface area contributed by atoms with Gasteiger partial charge in [-0.3, -0.25) is 10.1 Å². The molecule has 3 aromatic rings. The Morgan fingerprint density at radius 3 is 1.91 bits per heavy atom. The standard InChI is InChI=1S/C28H30N2O3/c1-19-10-14-22(15-11-19)25(23-16-12-20(2)13-17-23)29-26(21-7-4-3-5-8-21)27(31)30-18-6-9-24(30)28(32)33/h3-5,7-8,10-17,24-26,29H,6,9,18H2,1-2H3,(H,32,33)/t24-,26+/m0/s1. The van der Waals surface area contributed by atoms with Gasteiger partial charge in [-0.2, -0.15) is 0 Å². The summed E-state index contributed by atoms with van der Waals surface area (Å²) in [7, 11) is 0. The fourth-order valence-electron chi connectivity index (χ4n) is 4.48. The molecule has 170 valence electrons. The van der Waals surface area contributed by atoms with E-state index in [1.807, 2.05) is 44.2 Å². The van der Waals surface area contributed by atoms with Gasteiger partial charge in [0.2, 0.25) is 5.91 Å². The maximum absolute atomic E-state index is 13.8. The number of aliphatic carboxylic acids is 1. The summed E-state index contributed by atoms with van der Waals surface area (Å²) >= 11 is 0. The zero-order valence-electron chi connectivity index (χ0n) is 19.1. The summed E-state index contributed by atoms with van der Waals surface area (Å²) in [5.74, 6) is -1.14. The van der Waals surface area contributed by atoms with Gasteiger partial charge in [0, 0.05) is 6.54 Å². The van der Waals surface area contributed by atoms with Crippen LogP contribution in [-0.4, -0.2) is 34.5 Å². The molecule has 0 bridgehead atoms. The van der Waals surface area contributed by atoms with E-state index in [1.54, 1.807) is 0 Å². The number of amides is 1. The van der Waals surface area contributed by atoms with E-state index in [1.165, 1.54) is 16.0 Å². The van der Waals surface area contributed by atoms with Crippen LogP contribution in [0.1, 0.15) is 52.7 Å². The number of rotatable bonds is 7. The molecule has 0 unspecified atom stereocenters. The number of aryl methyl sites for hydroxylation is 2. The lowest BCUT2D eigenvalue weighted by atomic mass is 9.94. The average Bonchev–Trinajstić information content (AvgIpc) is 3.32. The smallest absolute Gasteiger partial charge is 0.326 e. The molecule has 5 heteroatoms. The van der Waals surface area contributed by atoms with Crippen LogP contribution in [-0.2, 0) is 9.59 Å². The molecule has 2 atom stereocenters. The second kappa shape index (κ2) is 10.0. The first-order valence-corrected chi connectivity index (χ1v) is 11.4. The van der Waals surface area contributed by atoms with Crippen LogP contribution in [0.25, 0.3) is 0 Å². The zero-order chi connectivity index (χ0) is 23.4. The van der Waals surface area contributed by atoms with Crippen molar-refractivity contribution in [1.29, 1.82) is 0 Å². The van der Waals surface area contributed by atoms with Crippen LogP contribution in [0.5, 0.6) is 0 Å². The molecule has 1 fully saturated rings. The number of hydrogen-bond acceptors (Lipinski definition) is 3. The number of carboxylic acids is 1. The molecular weight excluding hydrogens is 412 g/mol. The van der Waals surface area contributed by atoms with Gasteiger partial charge in [-0.1, -0.05) is 90.0 Å². The normalized spacial score (nSPS) is 16.7. The third-order valence-electron chi connectivity index (χ3n) is 6.36. The Labute approximate surface area is 195 Å². The van der Waals surface area contributed by atoms with Gasteiger partial charge in [0.05, 0.1) is 6.04 Å². The fraction of sp³-hybridized carbons (Fsp3) is 0.286. The van der Waals surface area contributed by atoms with Crippen molar-refractivity contribution in [3.63, 3.8) is 0 Å². The summed E-state index contributed by atoms with van der Waals surface area (Å²) in [6.45, 7) is 4.56. The Morgan fingerprint density at radius 1 is 0.848 bits per heavy atom. The summed E-state index contributed by atoms with van der Waals surface area (Å²) in [6.07, 6.45) is 1.19. The summed E-state index contributed by atoms with van der Waals surface area (Å²) in [5.41, 5.74) is 5.25. The maximum Gasteiger partial charge on any atom is 0.326 e. The van der Waals surface area contributed by atoms with Gasteiger partial charge in [-0.25, -0.2) is 4.79 Å². The molecule has 1 aliphatic rings. The molecule has 33 heavy (non-hydrogen) atoms. The molecule has 1 saturated heterocycles. The molecule has 0 radical (unpaired) electrons. The van der Waals surface area contributed by atoms with Crippen molar-refractivity contribution >= 4 is 11.9 Å². The first-order chi connectivity index (χ1) is 15.9. The van der Waals surface area contributed by atoms with Crippen LogP contribution in [0.4, 0.5) is 0 Å². The monoisotopic (exact) mass is 442 g/mol. The van der Waals surface area contributed by atoms with Crippen molar-refractivity contribution in [2.75, 3.05) is 6.54 Å². The fourth-order valence-corrected chi connectivity index (χ4v) is 4.48. The van der Waals surface area contributed by atoms with E-state index in [-0.39, 0.29) is 11.9 Å². The minimum absolute atomic E-state index is 0.199. The number of carbonyl (C=O) groups is 2. The molecule has 3 aromatic carbocycles. The molecule has 0 saturated carbocycles. The van der Waals surface area contributed by atoms with Crippen molar-refractivity contribution in [3.05, 3.63) is 107 Å². The van der Waals surface area contributed by atoms with E-state index in [0.717, 1.165) is 16.7 Å². The Morgan fingerprint density at radius 2 is 1.39 bits per heavy atom. The lowest BCUT2D eigenvalue weighted by molar-refractivity contribution is -0.149. The predicted octanol–water partition coefficient (Wildman–Crippen LogP) is 4.80. The number of nitrogens with zero attached hydrogens (tertiary/aromatic N) is 1. The van der Waals surface area contributed by atoms with E-state index in [9.17, 15) is 14.7 Å². The van der Waals surface area contributed by atoms with Gasteiger partial charge in [0.15, 0.2) is 0 Å². The third-order valence-corrected chi connectivity index (χ3v) is 6.36. The van der Waals surface area contributed by atoms with Crippen molar-refractivity contribution in [2.24, 2.45) is 0 Å². The highest BCUT2D eigenvalue weighted by Crippen LogP contribution is 2.30. The number of carbonyl (C=O) groups excluding carboxylic acids is 1. The number of benzene rings is 3. The second-order valence-electron chi connectivity index (χ2n) is 8.79. The minimum atomic E-state index is -0.943. The predicted molar refractivity (Wildman–Crippen MR) is 129 cm³/mol. The van der Waals surface area contributed by atoms with E-state index in [0.29, 0.717) is 19.4 Å². The summed E-state index contributed by atoms with van der Waals surface area (Å²) in [5, 5.41) is 13.3. The molecule has 0 aromatic heterocycles. The second-order valence-corrected chi connectivity index (χ2v) is 8.79. The van der Waals surface area contributed by atoms with E-state index < -0.39 is 18.1 Å². The molecule has 1 aliphatic heterocycles. The number of likely N-dealkylation sites (tertiary alicyclic amines) is 1. The molecular formula is C28H30N2O3. The Bertz CT molecular complexity index is 1050. The number of carboxylic acid groups (broad SMARTS) is 1. The summed E-state index contributed by atoms with van der Waals surface area (Å²) in [6, 6.07) is 24.5. The Balaban J connectivity index is 1.74. The van der Waals surface area contributed by atoms with Gasteiger partial charge in [-0.05, 0) is 43.4 Å². The highest BCUT2D eigenvalue weighted by Gasteiger charge is 2.38. The van der Waals surface area contributed by atoms with Gasteiger partial charge in [0.25, 0.3) is 0 Å². The number of nitrogens with one attached hydrogen (secondary N) is 1. The molecule has 1 amide bonds. The van der Waals surface area contributed by atoms with E-state index >= 15 is 0 Å². The highest BCUT2D eigenvalue weighted by atomic mass is 16.4. The molecule has 1 heterocycles. The Hall–Kier alpha value is -3.44. The lowest BCUT2D eigenvalue weighted by Crippen LogP contribution is -2.47. The van der Waals surface area contributed by atoms with Crippen LogP contribution >= 0.6 is 0 Å². The van der Waals surface area contributed by atoms with Crippen molar-refractivity contribution < 1.29 is 14.7 Å². The van der Waals surface area contributed by atoms with Gasteiger partial charge in [-0.15, -0.1) is 0 Å². The lowest BCUT2D eigenvalue weighted by Gasteiger charge is -2.31. The maximum atomic E-state index is 13.8.